The molecule has 2 atom stereocenters. The van der Waals surface area contributed by atoms with E-state index in [-0.39, 0.29) is 56.6 Å². The lowest BCUT2D eigenvalue weighted by molar-refractivity contribution is -0.187. The summed E-state index contributed by atoms with van der Waals surface area (Å²) in [7, 11) is -2.71. The Morgan fingerprint density at radius 3 is 2.49 bits per heavy atom. The van der Waals surface area contributed by atoms with E-state index in [4.69, 9.17) is 4.18 Å². The molecule has 0 spiro atoms. The highest BCUT2D eigenvalue weighted by Crippen LogP contribution is 2.30. The Morgan fingerprint density at radius 2 is 1.76 bits per heavy atom. The molecule has 2 N–H and O–H groups in total. The van der Waals surface area contributed by atoms with Gasteiger partial charge in [0.1, 0.15) is 18.0 Å². The predicted molar refractivity (Wildman–Crippen MR) is 181 cm³/mol. The Hall–Kier alpha value is -5.06. The monoisotopic (exact) mass is 705 g/mol. The van der Waals surface area contributed by atoms with Gasteiger partial charge in [-0.2, -0.15) is 8.42 Å². The van der Waals surface area contributed by atoms with Gasteiger partial charge in [-0.3, -0.25) is 14.4 Å². The summed E-state index contributed by atoms with van der Waals surface area (Å²) in [4.78, 5) is 61.0. The number of rotatable bonds is 10. The number of carbonyl (C=O) groups excluding carboxylic acids is 4. The summed E-state index contributed by atoms with van der Waals surface area (Å²) in [6, 6.07) is 19.9. The molecule has 2 aliphatic heterocycles. The standard InChI is InChI=1S/C33H35N7O7S2/c1-3-28(41)36-49(45,46)47-25-14-12-22(13-15-25)16-26-32(43)38(18-24-10-7-11-27-31(24)35-21-48-27)19-29-39(26)30(42)20-37(2)40(29)33(44)34-17-23-8-5-4-6-9-23/h4-15,21,26,29H,3,16-20H2,1-2H3,(H,34,44)(H,36,41)/t26-,29-/m0/s1. The van der Waals surface area contributed by atoms with Gasteiger partial charge in [0.25, 0.3) is 0 Å². The lowest BCUT2D eigenvalue weighted by Gasteiger charge is -2.54. The molecule has 3 aromatic carbocycles. The largest absolute Gasteiger partial charge is 0.409 e. The van der Waals surface area contributed by atoms with Crippen molar-refractivity contribution in [1.82, 2.24) is 34.8 Å². The molecule has 3 heterocycles. The van der Waals surface area contributed by atoms with Crippen LogP contribution in [0.1, 0.15) is 30.0 Å². The lowest BCUT2D eigenvalue weighted by Crippen LogP contribution is -2.76. The number of hydrogen-bond acceptors (Lipinski definition) is 10. The van der Waals surface area contributed by atoms with Crippen LogP contribution >= 0.6 is 11.3 Å². The Morgan fingerprint density at radius 1 is 1.00 bits per heavy atom. The van der Waals surface area contributed by atoms with Crippen molar-refractivity contribution in [3.05, 3.63) is 95.0 Å². The van der Waals surface area contributed by atoms with E-state index < -0.39 is 34.5 Å². The third-order valence-electron chi connectivity index (χ3n) is 8.36. The molecule has 6 rings (SSSR count). The fourth-order valence-corrected chi connectivity index (χ4v) is 7.60. The van der Waals surface area contributed by atoms with Crippen LogP contribution in [0.2, 0.25) is 0 Å². The summed E-state index contributed by atoms with van der Waals surface area (Å²) in [5.74, 6) is -1.35. The van der Waals surface area contributed by atoms with E-state index in [2.05, 4.69) is 10.3 Å². The van der Waals surface area contributed by atoms with Crippen LogP contribution in [0.5, 0.6) is 5.75 Å². The van der Waals surface area contributed by atoms with E-state index >= 15 is 0 Å². The van der Waals surface area contributed by atoms with E-state index in [9.17, 15) is 27.6 Å². The fourth-order valence-electron chi connectivity index (χ4n) is 6.04. The molecule has 0 saturated carbocycles. The summed E-state index contributed by atoms with van der Waals surface area (Å²) in [5.41, 5.74) is 4.91. The molecule has 2 saturated heterocycles. The number of urea groups is 1. The maximum atomic E-state index is 14.3. The quantitative estimate of drug-likeness (QED) is 0.253. The number of nitrogens with zero attached hydrogens (tertiary/aromatic N) is 5. The number of fused-ring (bicyclic) bond motifs is 2. The Bertz CT molecular complexity index is 1970. The van der Waals surface area contributed by atoms with Crippen LogP contribution in [0.15, 0.2) is 78.3 Å². The molecular weight excluding hydrogens is 671 g/mol. The minimum Gasteiger partial charge on any atom is -0.367 e. The van der Waals surface area contributed by atoms with Gasteiger partial charge < -0.3 is 19.3 Å². The second-order valence-corrected chi connectivity index (χ2v) is 13.9. The SMILES string of the molecule is CCC(=O)NS(=O)(=O)Oc1ccc(C[C@H]2C(=O)N(Cc3cccc4scnc34)C[C@H]3N2C(=O)CN(C)N3C(=O)NCc2ccccc2)cc1. The van der Waals surface area contributed by atoms with Gasteiger partial charge in [-0.05, 0) is 34.9 Å². The first-order valence-electron chi connectivity index (χ1n) is 15.6. The Balaban J connectivity index is 1.29. The molecule has 16 heteroatoms. The van der Waals surface area contributed by atoms with Gasteiger partial charge in [0.15, 0.2) is 0 Å². The number of amides is 5. The molecule has 0 aliphatic carbocycles. The zero-order valence-electron chi connectivity index (χ0n) is 26.8. The number of hydrazine groups is 1. The summed E-state index contributed by atoms with van der Waals surface area (Å²) in [6.45, 7) is 1.95. The van der Waals surface area contributed by atoms with Gasteiger partial charge in [0.05, 0.1) is 28.8 Å². The smallest absolute Gasteiger partial charge is 0.367 e. The van der Waals surface area contributed by atoms with Crippen molar-refractivity contribution in [3.8, 4) is 5.75 Å². The third-order valence-corrected chi connectivity index (χ3v) is 10.0. The van der Waals surface area contributed by atoms with Crippen LogP contribution in [0.4, 0.5) is 4.79 Å². The highest BCUT2D eigenvalue weighted by Gasteiger charge is 2.50. The van der Waals surface area contributed by atoms with Crippen molar-refractivity contribution in [2.24, 2.45) is 0 Å². The van der Waals surface area contributed by atoms with Crippen molar-refractivity contribution in [1.29, 1.82) is 0 Å². The maximum Gasteiger partial charge on any atom is 0.409 e. The topological polar surface area (TPSA) is 162 Å². The number of aromatic nitrogens is 1. The number of para-hydroxylation sites is 1. The van der Waals surface area contributed by atoms with Crippen molar-refractivity contribution in [2.75, 3.05) is 20.1 Å². The van der Waals surface area contributed by atoms with E-state index in [1.807, 2.05) is 53.3 Å². The van der Waals surface area contributed by atoms with Crippen LogP contribution in [-0.2, 0) is 44.2 Å². The van der Waals surface area contributed by atoms with Gasteiger partial charge in [0.2, 0.25) is 17.7 Å². The summed E-state index contributed by atoms with van der Waals surface area (Å²) in [6.07, 6.45) is -0.763. The first-order valence-corrected chi connectivity index (χ1v) is 17.9. The normalized spacial score (nSPS) is 18.4. The molecule has 1 aromatic heterocycles. The van der Waals surface area contributed by atoms with Crippen LogP contribution in [-0.4, -0.2) is 89.3 Å². The predicted octanol–water partition coefficient (Wildman–Crippen LogP) is 2.63. The summed E-state index contributed by atoms with van der Waals surface area (Å²) >= 11 is 1.50. The van der Waals surface area contributed by atoms with Crippen molar-refractivity contribution in [3.63, 3.8) is 0 Å². The molecule has 0 radical (unpaired) electrons. The number of benzene rings is 3. The molecule has 256 valence electrons. The molecular formula is C33H35N7O7S2. The van der Waals surface area contributed by atoms with Crippen LogP contribution < -0.4 is 14.2 Å². The first-order chi connectivity index (χ1) is 23.5. The number of nitrogens with one attached hydrogen (secondary N) is 2. The molecule has 2 aliphatic rings. The third kappa shape index (κ3) is 7.50. The fraction of sp³-hybridized carbons (Fsp3) is 0.303. The maximum absolute atomic E-state index is 14.3. The minimum absolute atomic E-state index is 0.0367. The molecule has 0 bridgehead atoms. The summed E-state index contributed by atoms with van der Waals surface area (Å²) < 4.78 is 32.2. The van der Waals surface area contributed by atoms with E-state index in [0.29, 0.717) is 5.56 Å². The average Bonchev–Trinajstić information content (AvgIpc) is 3.56. The second-order valence-electron chi connectivity index (χ2n) is 11.7. The van der Waals surface area contributed by atoms with Gasteiger partial charge >= 0.3 is 16.3 Å². The molecule has 49 heavy (non-hydrogen) atoms. The van der Waals surface area contributed by atoms with Gasteiger partial charge in [-0.25, -0.2) is 24.5 Å². The second kappa shape index (κ2) is 14.2. The lowest BCUT2D eigenvalue weighted by atomic mass is 9.98. The average molecular weight is 706 g/mol. The number of piperazine rings is 1. The van der Waals surface area contributed by atoms with E-state index in [1.54, 1.807) is 34.6 Å². The zero-order valence-corrected chi connectivity index (χ0v) is 28.4. The number of hydrogen-bond donors (Lipinski definition) is 2. The first kappa shape index (κ1) is 33.8. The van der Waals surface area contributed by atoms with Gasteiger partial charge in [0, 0.05) is 33.0 Å². The molecule has 4 aromatic rings. The molecule has 14 nitrogen and oxygen atoms in total. The zero-order chi connectivity index (χ0) is 34.7. The Labute approximate surface area is 287 Å². The molecule has 2 fully saturated rings. The highest BCUT2D eigenvalue weighted by molar-refractivity contribution is 7.85. The number of thiazole rings is 1. The van der Waals surface area contributed by atoms with Gasteiger partial charge in [-0.1, -0.05) is 61.5 Å². The molecule has 5 amide bonds. The van der Waals surface area contributed by atoms with E-state index in [1.165, 1.54) is 40.3 Å². The molecule has 0 unspecified atom stereocenters. The number of likely N-dealkylation sites (N-methyl/N-ethyl adjacent to an activating group) is 1. The minimum atomic E-state index is -4.37. The van der Waals surface area contributed by atoms with Crippen LogP contribution in [0, 0.1) is 0 Å². The van der Waals surface area contributed by atoms with Crippen LogP contribution in [0.25, 0.3) is 10.2 Å². The number of carbonyl (C=O) groups is 4. The Kier molecular flexibility index (Phi) is 9.80. The van der Waals surface area contributed by atoms with Crippen molar-refractivity contribution >= 4 is 55.6 Å². The van der Waals surface area contributed by atoms with Crippen molar-refractivity contribution in [2.45, 2.75) is 45.1 Å². The highest BCUT2D eigenvalue weighted by atomic mass is 32.2. The summed E-state index contributed by atoms with van der Waals surface area (Å²) in [5, 5.41) is 6.02. The van der Waals surface area contributed by atoms with Crippen molar-refractivity contribution < 1.29 is 31.8 Å². The van der Waals surface area contributed by atoms with Crippen LogP contribution in [0.3, 0.4) is 0 Å². The van der Waals surface area contributed by atoms with Gasteiger partial charge in [-0.15, -0.1) is 11.3 Å². The van der Waals surface area contributed by atoms with E-state index in [0.717, 1.165) is 21.3 Å².